The molecule has 5 heteroatoms. The van der Waals surface area contributed by atoms with Crippen molar-refractivity contribution < 1.29 is 9.90 Å². The lowest BCUT2D eigenvalue weighted by Crippen LogP contribution is -2.15. The summed E-state index contributed by atoms with van der Waals surface area (Å²) in [6.07, 6.45) is 1.28. The minimum absolute atomic E-state index is 0.145. The van der Waals surface area contributed by atoms with E-state index in [0.29, 0.717) is 5.56 Å². The average molecular weight is 191 g/mol. The molecule has 3 N–H and O–H groups in total. The lowest BCUT2D eigenvalue weighted by atomic mass is 10.1. The van der Waals surface area contributed by atoms with Crippen molar-refractivity contribution in [3.8, 4) is 6.07 Å². The van der Waals surface area contributed by atoms with Crippen molar-refractivity contribution in [2.24, 2.45) is 5.73 Å². The van der Waals surface area contributed by atoms with Gasteiger partial charge in [-0.25, -0.2) is 4.98 Å². The lowest BCUT2D eigenvalue weighted by molar-refractivity contribution is -0.137. The lowest BCUT2D eigenvalue weighted by Gasteiger charge is -2.07. The second kappa shape index (κ2) is 4.35. The van der Waals surface area contributed by atoms with Crippen molar-refractivity contribution >= 4 is 5.97 Å². The number of carboxylic acids is 1. The minimum atomic E-state index is -0.957. The number of carboxylic acid groups (broad SMARTS) is 1. The van der Waals surface area contributed by atoms with Crippen molar-refractivity contribution in [1.82, 2.24) is 4.98 Å². The van der Waals surface area contributed by atoms with Gasteiger partial charge in [-0.05, 0) is 11.6 Å². The summed E-state index contributed by atoms with van der Waals surface area (Å²) in [4.78, 5) is 14.1. The summed E-state index contributed by atoms with van der Waals surface area (Å²) in [5.41, 5.74) is 6.49. The molecule has 1 atom stereocenters. The van der Waals surface area contributed by atoms with Crippen molar-refractivity contribution in [2.75, 3.05) is 0 Å². The molecule has 1 aromatic rings. The Morgan fingerprint density at radius 3 is 2.86 bits per heavy atom. The van der Waals surface area contributed by atoms with E-state index in [1.54, 1.807) is 6.07 Å². The fourth-order valence-corrected chi connectivity index (χ4v) is 0.997. The molecule has 5 nitrogen and oxygen atoms in total. The van der Waals surface area contributed by atoms with E-state index in [1.807, 2.05) is 6.07 Å². The zero-order chi connectivity index (χ0) is 10.6. The van der Waals surface area contributed by atoms with Crippen LogP contribution in [-0.2, 0) is 4.79 Å². The van der Waals surface area contributed by atoms with Gasteiger partial charge < -0.3 is 10.8 Å². The summed E-state index contributed by atoms with van der Waals surface area (Å²) in [6, 6.07) is 4.41. The Morgan fingerprint density at radius 1 is 1.71 bits per heavy atom. The Balaban J connectivity index is 2.77. The van der Waals surface area contributed by atoms with Crippen LogP contribution in [0.3, 0.4) is 0 Å². The van der Waals surface area contributed by atoms with Crippen molar-refractivity contribution in [1.29, 1.82) is 5.26 Å². The van der Waals surface area contributed by atoms with E-state index in [9.17, 15) is 4.79 Å². The molecular formula is C9H9N3O2. The molecule has 1 heterocycles. The van der Waals surface area contributed by atoms with Gasteiger partial charge in [0.2, 0.25) is 0 Å². The van der Waals surface area contributed by atoms with Crippen LogP contribution in [0.25, 0.3) is 0 Å². The van der Waals surface area contributed by atoms with Crippen LogP contribution in [0.1, 0.15) is 23.7 Å². The first kappa shape index (κ1) is 10.2. The molecule has 0 radical (unpaired) electrons. The molecule has 0 amide bonds. The molecular weight excluding hydrogens is 182 g/mol. The quantitative estimate of drug-likeness (QED) is 0.721. The smallest absolute Gasteiger partial charge is 0.305 e. The Labute approximate surface area is 80.8 Å². The maximum absolute atomic E-state index is 10.4. The van der Waals surface area contributed by atoms with Gasteiger partial charge in [0, 0.05) is 12.2 Å². The number of rotatable bonds is 3. The van der Waals surface area contributed by atoms with Crippen molar-refractivity contribution in [3.63, 3.8) is 0 Å². The Kier molecular flexibility index (Phi) is 3.15. The Hall–Kier alpha value is -1.93. The standard InChI is InChI=1S/C9H9N3O2/c10-4-7-2-1-6(5-12-7)8(11)3-9(13)14/h1-2,5,8H,3,11H2,(H,13,14)/t8-/m1/s1. The van der Waals surface area contributed by atoms with Gasteiger partial charge in [0.15, 0.2) is 0 Å². The summed E-state index contributed by atoms with van der Waals surface area (Å²) in [5.74, 6) is -0.957. The van der Waals surface area contributed by atoms with Gasteiger partial charge in [0.25, 0.3) is 0 Å². The average Bonchev–Trinajstić information content (AvgIpc) is 2.17. The Morgan fingerprint density at radius 2 is 2.43 bits per heavy atom. The first-order valence-corrected chi connectivity index (χ1v) is 3.97. The van der Waals surface area contributed by atoms with Crippen molar-refractivity contribution in [2.45, 2.75) is 12.5 Å². The highest BCUT2D eigenvalue weighted by Gasteiger charge is 2.10. The molecule has 0 unspecified atom stereocenters. The van der Waals surface area contributed by atoms with Crippen LogP contribution in [0.5, 0.6) is 0 Å². The van der Waals surface area contributed by atoms with E-state index in [2.05, 4.69) is 4.98 Å². The zero-order valence-electron chi connectivity index (χ0n) is 7.34. The second-order valence-electron chi connectivity index (χ2n) is 2.79. The highest BCUT2D eigenvalue weighted by Crippen LogP contribution is 2.12. The number of nitriles is 1. The SMILES string of the molecule is N#Cc1ccc([C@H](N)CC(=O)O)cn1. The molecule has 14 heavy (non-hydrogen) atoms. The number of hydrogen-bond donors (Lipinski definition) is 2. The van der Waals surface area contributed by atoms with E-state index in [1.165, 1.54) is 12.3 Å². The molecule has 0 bridgehead atoms. The van der Waals surface area contributed by atoms with E-state index in [4.69, 9.17) is 16.1 Å². The third-order valence-corrected chi connectivity index (χ3v) is 1.72. The van der Waals surface area contributed by atoms with Crippen molar-refractivity contribution in [3.05, 3.63) is 29.6 Å². The summed E-state index contributed by atoms with van der Waals surface area (Å²) in [5, 5.41) is 17.0. The molecule has 0 saturated carbocycles. The molecule has 0 spiro atoms. The number of hydrogen-bond acceptors (Lipinski definition) is 4. The topological polar surface area (TPSA) is 100 Å². The predicted octanol–water partition coefficient (Wildman–Crippen LogP) is 0.428. The second-order valence-corrected chi connectivity index (χ2v) is 2.79. The first-order valence-electron chi connectivity index (χ1n) is 3.97. The number of nitrogens with two attached hydrogens (primary N) is 1. The summed E-state index contributed by atoms with van der Waals surface area (Å²) < 4.78 is 0. The van der Waals surface area contributed by atoms with Gasteiger partial charge >= 0.3 is 5.97 Å². The van der Waals surface area contributed by atoms with Crippen LogP contribution in [-0.4, -0.2) is 16.1 Å². The van der Waals surface area contributed by atoms with E-state index >= 15 is 0 Å². The number of aliphatic carboxylic acids is 1. The zero-order valence-corrected chi connectivity index (χ0v) is 7.34. The van der Waals surface area contributed by atoms with Gasteiger partial charge in [-0.1, -0.05) is 6.07 Å². The number of nitrogens with zero attached hydrogens (tertiary/aromatic N) is 2. The third-order valence-electron chi connectivity index (χ3n) is 1.72. The van der Waals surface area contributed by atoms with Crippen LogP contribution < -0.4 is 5.73 Å². The van der Waals surface area contributed by atoms with Gasteiger partial charge in [-0.15, -0.1) is 0 Å². The molecule has 72 valence electrons. The summed E-state index contributed by atoms with van der Waals surface area (Å²) in [7, 11) is 0. The number of pyridine rings is 1. The fourth-order valence-electron chi connectivity index (χ4n) is 0.997. The number of carbonyl (C=O) groups is 1. The maximum atomic E-state index is 10.4. The van der Waals surface area contributed by atoms with Gasteiger partial charge in [-0.3, -0.25) is 4.79 Å². The van der Waals surface area contributed by atoms with Crippen LogP contribution >= 0.6 is 0 Å². The predicted molar refractivity (Wildman–Crippen MR) is 48.1 cm³/mol. The van der Waals surface area contributed by atoms with Gasteiger partial charge in [-0.2, -0.15) is 5.26 Å². The van der Waals surface area contributed by atoms with Crippen LogP contribution in [0.15, 0.2) is 18.3 Å². The highest BCUT2D eigenvalue weighted by atomic mass is 16.4. The molecule has 1 aromatic heterocycles. The largest absolute Gasteiger partial charge is 0.481 e. The van der Waals surface area contributed by atoms with E-state index < -0.39 is 12.0 Å². The van der Waals surface area contributed by atoms with Crippen LogP contribution in [0.4, 0.5) is 0 Å². The molecule has 0 aliphatic rings. The highest BCUT2D eigenvalue weighted by molar-refractivity contribution is 5.67. The molecule has 0 saturated heterocycles. The van der Waals surface area contributed by atoms with Gasteiger partial charge in [0.05, 0.1) is 6.42 Å². The summed E-state index contributed by atoms with van der Waals surface area (Å²) in [6.45, 7) is 0. The number of aromatic nitrogens is 1. The third kappa shape index (κ3) is 2.54. The van der Waals surface area contributed by atoms with Gasteiger partial charge in [0.1, 0.15) is 11.8 Å². The minimum Gasteiger partial charge on any atom is -0.481 e. The normalized spacial score (nSPS) is 11.7. The summed E-state index contributed by atoms with van der Waals surface area (Å²) >= 11 is 0. The van der Waals surface area contributed by atoms with E-state index in [0.717, 1.165) is 0 Å². The molecule has 1 rings (SSSR count). The maximum Gasteiger partial charge on any atom is 0.305 e. The fraction of sp³-hybridized carbons (Fsp3) is 0.222. The Bertz CT molecular complexity index is 367. The molecule has 0 aliphatic heterocycles. The molecule has 0 aliphatic carbocycles. The van der Waals surface area contributed by atoms with E-state index in [-0.39, 0.29) is 12.1 Å². The molecule has 0 aromatic carbocycles. The van der Waals surface area contributed by atoms with Crippen LogP contribution in [0, 0.1) is 11.3 Å². The monoisotopic (exact) mass is 191 g/mol. The molecule has 0 fully saturated rings. The van der Waals surface area contributed by atoms with Crippen LogP contribution in [0.2, 0.25) is 0 Å². The first-order chi connectivity index (χ1) is 6.63.